The van der Waals surface area contributed by atoms with E-state index in [0.29, 0.717) is 10.8 Å². The second kappa shape index (κ2) is 8.63. The van der Waals surface area contributed by atoms with E-state index in [1.807, 2.05) is 39.0 Å². The molecule has 0 aromatic heterocycles. The second-order valence-electron chi connectivity index (χ2n) is 6.89. The summed E-state index contributed by atoms with van der Waals surface area (Å²) in [5.74, 6) is 0. The Balaban J connectivity index is 1.64. The van der Waals surface area contributed by atoms with Gasteiger partial charge in [-0.1, -0.05) is 29.8 Å². The Morgan fingerprint density at radius 3 is 2.00 bits per heavy atom. The van der Waals surface area contributed by atoms with Crippen LogP contribution in [0.3, 0.4) is 0 Å². The lowest BCUT2D eigenvalue weighted by Gasteiger charge is -2.14. The minimum absolute atomic E-state index is 0.226. The molecule has 3 aromatic carbocycles. The van der Waals surface area contributed by atoms with E-state index in [1.54, 1.807) is 48.5 Å². The van der Waals surface area contributed by atoms with Crippen molar-refractivity contribution in [1.82, 2.24) is 0 Å². The minimum atomic E-state index is -3.62. The standard InChI is InChI=1S/C22H23N3O2S2/c1-15-5-12-20(13-6-15)29(26,27)25-19-10-8-18(9-11-19)23-22(28)24-21-14-16(2)4-7-17(21)3/h4-14,25H,1-3H3,(H2,23,24,28). The molecule has 3 N–H and O–H groups in total. The molecule has 3 rings (SSSR count). The van der Waals surface area contributed by atoms with Gasteiger partial charge in [-0.15, -0.1) is 0 Å². The first-order valence-corrected chi connectivity index (χ1v) is 11.0. The van der Waals surface area contributed by atoms with Crippen LogP contribution in [0.4, 0.5) is 17.1 Å². The normalized spacial score (nSPS) is 11.0. The van der Waals surface area contributed by atoms with Crippen molar-refractivity contribution in [2.24, 2.45) is 0 Å². The molecule has 0 heterocycles. The van der Waals surface area contributed by atoms with E-state index in [2.05, 4.69) is 15.4 Å². The van der Waals surface area contributed by atoms with Gasteiger partial charge < -0.3 is 10.6 Å². The van der Waals surface area contributed by atoms with Gasteiger partial charge in [0.2, 0.25) is 0 Å². The molecule has 5 nitrogen and oxygen atoms in total. The van der Waals surface area contributed by atoms with Gasteiger partial charge in [-0.3, -0.25) is 4.72 Å². The summed E-state index contributed by atoms with van der Waals surface area (Å²) in [4.78, 5) is 0.226. The molecule has 0 unspecified atom stereocenters. The largest absolute Gasteiger partial charge is 0.332 e. The van der Waals surface area contributed by atoms with Crippen molar-refractivity contribution < 1.29 is 8.42 Å². The van der Waals surface area contributed by atoms with Crippen LogP contribution in [0.1, 0.15) is 16.7 Å². The number of hydrogen-bond donors (Lipinski definition) is 3. The number of sulfonamides is 1. The summed E-state index contributed by atoms with van der Waals surface area (Å²) in [6.07, 6.45) is 0. The molecule has 0 spiro atoms. The van der Waals surface area contributed by atoms with E-state index in [9.17, 15) is 8.42 Å². The van der Waals surface area contributed by atoms with Gasteiger partial charge >= 0.3 is 0 Å². The highest BCUT2D eigenvalue weighted by Crippen LogP contribution is 2.20. The van der Waals surface area contributed by atoms with Gasteiger partial charge in [0.1, 0.15) is 0 Å². The van der Waals surface area contributed by atoms with Crippen LogP contribution in [-0.2, 0) is 10.0 Å². The number of nitrogens with one attached hydrogen (secondary N) is 3. The van der Waals surface area contributed by atoms with Crippen LogP contribution < -0.4 is 15.4 Å². The van der Waals surface area contributed by atoms with Gasteiger partial charge in [-0.25, -0.2) is 8.42 Å². The molecule has 3 aromatic rings. The van der Waals surface area contributed by atoms with Crippen LogP contribution in [-0.4, -0.2) is 13.5 Å². The highest BCUT2D eigenvalue weighted by atomic mass is 32.2. The van der Waals surface area contributed by atoms with Crippen molar-refractivity contribution in [3.8, 4) is 0 Å². The third kappa shape index (κ3) is 5.56. The van der Waals surface area contributed by atoms with Crippen molar-refractivity contribution in [1.29, 1.82) is 0 Å². The summed E-state index contributed by atoms with van der Waals surface area (Å²) in [6, 6.07) is 19.7. The molecule has 0 saturated heterocycles. The summed E-state index contributed by atoms with van der Waals surface area (Å²) in [7, 11) is -3.62. The molecule has 0 aliphatic carbocycles. The topological polar surface area (TPSA) is 70.2 Å². The second-order valence-corrected chi connectivity index (χ2v) is 8.98. The molecule has 29 heavy (non-hydrogen) atoms. The molecule has 0 aliphatic heterocycles. The number of benzene rings is 3. The molecule has 0 radical (unpaired) electrons. The number of anilines is 3. The Morgan fingerprint density at radius 1 is 0.759 bits per heavy atom. The molecule has 0 atom stereocenters. The number of hydrogen-bond acceptors (Lipinski definition) is 3. The van der Waals surface area contributed by atoms with Crippen LogP contribution in [0.2, 0.25) is 0 Å². The maximum absolute atomic E-state index is 12.5. The Morgan fingerprint density at radius 2 is 1.34 bits per heavy atom. The molecule has 0 saturated carbocycles. The summed E-state index contributed by atoms with van der Waals surface area (Å²) in [5.41, 5.74) is 5.43. The molecular formula is C22H23N3O2S2. The van der Waals surface area contributed by atoms with Crippen LogP contribution in [0.25, 0.3) is 0 Å². The average molecular weight is 426 g/mol. The third-order valence-electron chi connectivity index (χ3n) is 4.37. The molecular weight excluding hydrogens is 402 g/mol. The Bertz CT molecular complexity index is 1120. The predicted octanol–water partition coefficient (Wildman–Crippen LogP) is 5.22. The Hall–Kier alpha value is -2.90. The maximum atomic E-state index is 12.5. The summed E-state index contributed by atoms with van der Waals surface area (Å²) < 4.78 is 27.5. The van der Waals surface area contributed by atoms with E-state index in [0.717, 1.165) is 28.1 Å². The zero-order valence-electron chi connectivity index (χ0n) is 16.5. The Labute approximate surface area is 177 Å². The first kappa shape index (κ1) is 20.8. The maximum Gasteiger partial charge on any atom is 0.261 e. The fourth-order valence-electron chi connectivity index (χ4n) is 2.71. The highest BCUT2D eigenvalue weighted by Gasteiger charge is 2.13. The quantitative estimate of drug-likeness (QED) is 0.489. The Kier molecular flexibility index (Phi) is 6.20. The van der Waals surface area contributed by atoms with Crippen LogP contribution in [0, 0.1) is 20.8 Å². The SMILES string of the molecule is Cc1ccc(S(=O)(=O)Nc2ccc(NC(=S)Nc3cc(C)ccc3C)cc2)cc1. The zero-order valence-corrected chi connectivity index (χ0v) is 18.1. The van der Waals surface area contributed by atoms with Gasteiger partial charge in [0, 0.05) is 17.1 Å². The van der Waals surface area contributed by atoms with E-state index < -0.39 is 10.0 Å². The van der Waals surface area contributed by atoms with E-state index in [4.69, 9.17) is 12.2 Å². The fraction of sp³-hybridized carbons (Fsp3) is 0.136. The van der Waals surface area contributed by atoms with Crippen molar-refractivity contribution in [3.05, 3.63) is 83.4 Å². The van der Waals surface area contributed by atoms with E-state index in [1.165, 1.54) is 0 Å². The molecule has 0 fully saturated rings. The third-order valence-corrected chi connectivity index (χ3v) is 5.97. The monoisotopic (exact) mass is 425 g/mol. The molecule has 0 aliphatic rings. The summed E-state index contributed by atoms with van der Waals surface area (Å²) in [6.45, 7) is 5.95. The van der Waals surface area contributed by atoms with E-state index in [-0.39, 0.29) is 4.90 Å². The van der Waals surface area contributed by atoms with Crippen molar-refractivity contribution in [2.45, 2.75) is 25.7 Å². The lowest BCUT2D eigenvalue weighted by Crippen LogP contribution is -2.19. The summed E-state index contributed by atoms with van der Waals surface area (Å²) >= 11 is 5.38. The van der Waals surface area contributed by atoms with Gasteiger partial charge in [-0.2, -0.15) is 0 Å². The molecule has 7 heteroatoms. The number of thiocarbonyl (C=S) groups is 1. The van der Waals surface area contributed by atoms with Gasteiger partial charge in [0.25, 0.3) is 10.0 Å². The predicted molar refractivity (Wildman–Crippen MR) is 124 cm³/mol. The van der Waals surface area contributed by atoms with Crippen LogP contribution >= 0.6 is 12.2 Å². The summed E-state index contributed by atoms with van der Waals surface area (Å²) in [5, 5.41) is 6.76. The smallest absolute Gasteiger partial charge is 0.261 e. The van der Waals surface area contributed by atoms with Crippen molar-refractivity contribution in [3.63, 3.8) is 0 Å². The highest BCUT2D eigenvalue weighted by molar-refractivity contribution is 7.92. The lowest BCUT2D eigenvalue weighted by molar-refractivity contribution is 0.601. The van der Waals surface area contributed by atoms with Crippen LogP contribution in [0.5, 0.6) is 0 Å². The van der Waals surface area contributed by atoms with Crippen molar-refractivity contribution in [2.75, 3.05) is 15.4 Å². The van der Waals surface area contributed by atoms with Gasteiger partial charge in [0.05, 0.1) is 4.90 Å². The van der Waals surface area contributed by atoms with E-state index >= 15 is 0 Å². The fourth-order valence-corrected chi connectivity index (χ4v) is 3.99. The lowest BCUT2D eigenvalue weighted by atomic mass is 10.1. The molecule has 150 valence electrons. The van der Waals surface area contributed by atoms with Crippen molar-refractivity contribution >= 4 is 44.4 Å². The first-order chi connectivity index (χ1) is 13.7. The number of rotatable bonds is 5. The van der Waals surface area contributed by atoms with Gasteiger partial charge in [-0.05, 0) is 86.6 Å². The van der Waals surface area contributed by atoms with Gasteiger partial charge in [0.15, 0.2) is 5.11 Å². The molecule has 0 amide bonds. The minimum Gasteiger partial charge on any atom is -0.332 e. The average Bonchev–Trinajstić information content (AvgIpc) is 2.66. The zero-order chi connectivity index (χ0) is 21.0. The first-order valence-electron chi connectivity index (χ1n) is 9.08. The number of aryl methyl sites for hydroxylation is 3. The van der Waals surface area contributed by atoms with Crippen LogP contribution in [0.15, 0.2) is 71.6 Å². The molecule has 0 bridgehead atoms.